The van der Waals surface area contributed by atoms with Crippen molar-refractivity contribution in [1.82, 2.24) is 0 Å². The minimum Gasteiger partial charge on any atom is -0.308 e. The van der Waals surface area contributed by atoms with Crippen molar-refractivity contribution >= 4 is 10.1 Å². The van der Waals surface area contributed by atoms with Gasteiger partial charge in [0.2, 0.25) is 0 Å². The summed E-state index contributed by atoms with van der Waals surface area (Å²) in [6.07, 6.45) is 0.678. The van der Waals surface area contributed by atoms with Gasteiger partial charge in [-0.05, 0) is 31.9 Å². The van der Waals surface area contributed by atoms with Crippen molar-refractivity contribution in [3.63, 3.8) is 0 Å². The minimum absolute atomic E-state index is 0.0403. The Balaban J connectivity index is 2.13. The van der Waals surface area contributed by atoms with Crippen molar-refractivity contribution in [3.05, 3.63) is 39.9 Å². The van der Waals surface area contributed by atoms with Crippen LogP contribution in [-0.2, 0) is 19.1 Å². The first-order chi connectivity index (χ1) is 9.88. The highest BCUT2D eigenvalue weighted by atomic mass is 32.2. The zero-order valence-corrected chi connectivity index (χ0v) is 12.4. The molecule has 0 radical (unpaired) electrons. The van der Waals surface area contributed by atoms with Crippen molar-refractivity contribution in [1.29, 1.82) is 0 Å². The van der Waals surface area contributed by atoms with Crippen LogP contribution >= 0.6 is 0 Å². The molecule has 1 aromatic rings. The summed E-state index contributed by atoms with van der Waals surface area (Å²) in [7, 11) is -3.95. The second-order valence-electron chi connectivity index (χ2n) is 5.05. The quantitative estimate of drug-likeness (QED) is 0.469. The molecule has 8 heteroatoms. The number of rotatable bonds is 5. The van der Waals surface area contributed by atoms with E-state index in [2.05, 4.69) is 4.84 Å². The Morgan fingerprint density at radius 1 is 1.14 bits per heavy atom. The average Bonchev–Trinajstić information content (AvgIpc) is 2.40. The van der Waals surface area contributed by atoms with E-state index in [9.17, 15) is 18.5 Å². The van der Waals surface area contributed by atoms with E-state index in [1.807, 2.05) is 6.92 Å². The lowest BCUT2D eigenvalue weighted by molar-refractivity contribution is -0.771. The molecule has 0 bridgehead atoms. The van der Waals surface area contributed by atoms with Crippen molar-refractivity contribution in [2.75, 3.05) is 0 Å². The maximum absolute atomic E-state index is 12.2. The maximum atomic E-state index is 12.2. The molecule has 21 heavy (non-hydrogen) atoms. The molecule has 1 aliphatic carbocycles. The molecular formula is C13H17NO6S. The summed E-state index contributed by atoms with van der Waals surface area (Å²) in [4.78, 5) is 15.0. The Labute approximate surface area is 123 Å². The predicted molar refractivity (Wildman–Crippen MR) is 73.6 cm³/mol. The number of aryl methyl sites for hydroxylation is 1. The third kappa shape index (κ3) is 4.15. The molecule has 0 saturated heterocycles. The Bertz CT molecular complexity index is 598. The summed E-state index contributed by atoms with van der Waals surface area (Å²) in [5, 5.41) is 9.57. The van der Waals surface area contributed by atoms with Crippen LogP contribution in [0.2, 0.25) is 0 Å². The van der Waals surface area contributed by atoms with Gasteiger partial charge in [0.1, 0.15) is 12.2 Å². The molecule has 1 saturated carbocycles. The summed E-state index contributed by atoms with van der Waals surface area (Å²) < 4.78 is 29.6. The molecule has 0 unspecified atom stereocenters. The number of nitrogens with zero attached hydrogens (tertiary/aromatic N) is 1. The van der Waals surface area contributed by atoms with Gasteiger partial charge < -0.3 is 4.84 Å². The lowest BCUT2D eigenvalue weighted by atomic mass is 9.95. The lowest BCUT2D eigenvalue weighted by Gasteiger charge is -2.28. The molecule has 0 aromatic heterocycles. The smallest absolute Gasteiger partial charge is 0.297 e. The summed E-state index contributed by atoms with van der Waals surface area (Å²) in [5.74, 6) is 0. The van der Waals surface area contributed by atoms with E-state index in [1.54, 1.807) is 12.1 Å². The standard InChI is InChI=1S/C13H17NO6S/c1-10-6-8-11(9-7-10)21(17,18)20-13-5-3-2-4-12(13)19-14(15)16/h6-9,12-13H,2-5H2,1H3/t12-,13-/m0/s1. The van der Waals surface area contributed by atoms with Crippen LogP contribution in [-0.4, -0.2) is 25.7 Å². The summed E-state index contributed by atoms with van der Waals surface area (Å²) in [6, 6.07) is 6.25. The Kier molecular flexibility index (Phi) is 4.79. The third-order valence-corrected chi connectivity index (χ3v) is 4.77. The fourth-order valence-corrected chi connectivity index (χ4v) is 3.45. The molecule has 2 rings (SSSR count). The number of benzene rings is 1. The van der Waals surface area contributed by atoms with E-state index in [0.717, 1.165) is 18.4 Å². The second kappa shape index (κ2) is 6.40. The van der Waals surface area contributed by atoms with Gasteiger partial charge in [-0.25, -0.2) is 0 Å². The van der Waals surface area contributed by atoms with Gasteiger partial charge in [-0.3, -0.25) is 4.18 Å². The van der Waals surface area contributed by atoms with E-state index in [-0.39, 0.29) is 4.90 Å². The zero-order chi connectivity index (χ0) is 15.5. The summed E-state index contributed by atoms with van der Waals surface area (Å²) >= 11 is 0. The topological polar surface area (TPSA) is 95.7 Å². The van der Waals surface area contributed by atoms with Crippen LogP contribution < -0.4 is 0 Å². The van der Waals surface area contributed by atoms with E-state index < -0.39 is 27.4 Å². The lowest BCUT2D eigenvalue weighted by Crippen LogP contribution is -2.37. The van der Waals surface area contributed by atoms with Crippen LogP contribution in [0.1, 0.15) is 31.2 Å². The van der Waals surface area contributed by atoms with Crippen LogP contribution in [0, 0.1) is 17.0 Å². The van der Waals surface area contributed by atoms with Gasteiger partial charge in [0.15, 0.2) is 0 Å². The van der Waals surface area contributed by atoms with Crippen LogP contribution in [0.4, 0.5) is 0 Å². The van der Waals surface area contributed by atoms with Gasteiger partial charge in [0.25, 0.3) is 15.2 Å². The number of hydrogen-bond donors (Lipinski definition) is 0. The first-order valence-corrected chi connectivity index (χ1v) is 8.10. The predicted octanol–water partition coefficient (Wildman–Crippen LogP) is 2.22. The minimum atomic E-state index is -3.95. The molecule has 0 N–H and O–H groups in total. The largest absolute Gasteiger partial charge is 0.308 e. The van der Waals surface area contributed by atoms with Crippen molar-refractivity contribution in [3.8, 4) is 0 Å². The van der Waals surface area contributed by atoms with Gasteiger partial charge >= 0.3 is 0 Å². The van der Waals surface area contributed by atoms with Crippen LogP contribution in [0.15, 0.2) is 29.2 Å². The first kappa shape index (κ1) is 15.7. The van der Waals surface area contributed by atoms with E-state index >= 15 is 0 Å². The van der Waals surface area contributed by atoms with Gasteiger partial charge in [-0.15, -0.1) is 10.1 Å². The molecule has 1 aromatic carbocycles. The molecule has 2 atom stereocenters. The third-order valence-electron chi connectivity index (χ3n) is 3.42. The molecule has 7 nitrogen and oxygen atoms in total. The summed E-state index contributed by atoms with van der Waals surface area (Å²) in [6.45, 7) is 1.85. The van der Waals surface area contributed by atoms with Crippen molar-refractivity contribution in [2.24, 2.45) is 0 Å². The van der Waals surface area contributed by atoms with Crippen LogP contribution in [0.25, 0.3) is 0 Å². The first-order valence-electron chi connectivity index (χ1n) is 6.69. The van der Waals surface area contributed by atoms with Gasteiger partial charge in [-0.2, -0.15) is 8.42 Å². The monoisotopic (exact) mass is 315 g/mol. The summed E-state index contributed by atoms with van der Waals surface area (Å²) in [5.41, 5.74) is 0.932. The molecule has 116 valence electrons. The van der Waals surface area contributed by atoms with Crippen LogP contribution in [0.5, 0.6) is 0 Å². The molecular weight excluding hydrogens is 298 g/mol. The molecule has 0 heterocycles. The molecule has 0 aliphatic heterocycles. The Morgan fingerprint density at radius 2 is 1.71 bits per heavy atom. The fourth-order valence-electron chi connectivity index (χ4n) is 2.33. The maximum Gasteiger partial charge on any atom is 0.297 e. The second-order valence-corrected chi connectivity index (χ2v) is 6.63. The highest BCUT2D eigenvalue weighted by molar-refractivity contribution is 7.86. The fraction of sp³-hybridized carbons (Fsp3) is 0.538. The SMILES string of the molecule is Cc1ccc(S(=O)(=O)O[C@H]2CCCC[C@@H]2O[N+](=O)[O-])cc1. The van der Waals surface area contributed by atoms with Gasteiger partial charge in [-0.1, -0.05) is 30.5 Å². The normalized spacial score (nSPS) is 22.7. The number of hydrogen-bond acceptors (Lipinski definition) is 6. The van der Waals surface area contributed by atoms with E-state index in [0.29, 0.717) is 12.8 Å². The Morgan fingerprint density at radius 3 is 2.29 bits per heavy atom. The highest BCUT2D eigenvalue weighted by Gasteiger charge is 2.33. The molecule has 0 spiro atoms. The van der Waals surface area contributed by atoms with Gasteiger partial charge in [0, 0.05) is 0 Å². The molecule has 1 fully saturated rings. The van der Waals surface area contributed by atoms with Crippen molar-refractivity contribution < 1.29 is 22.5 Å². The van der Waals surface area contributed by atoms with Gasteiger partial charge in [0.05, 0.1) is 4.90 Å². The highest BCUT2D eigenvalue weighted by Crippen LogP contribution is 2.27. The molecule has 1 aliphatic rings. The zero-order valence-electron chi connectivity index (χ0n) is 11.6. The van der Waals surface area contributed by atoms with E-state index in [4.69, 9.17) is 4.18 Å². The Hall–Kier alpha value is -1.67. The molecule has 0 amide bonds. The van der Waals surface area contributed by atoms with Crippen LogP contribution in [0.3, 0.4) is 0 Å². The van der Waals surface area contributed by atoms with Crippen molar-refractivity contribution in [2.45, 2.75) is 49.7 Å². The van der Waals surface area contributed by atoms with E-state index in [1.165, 1.54) is 12.1 Å². The average molecular weight is 315 g/mol.